The molecule has 10 heteroatoms. The van der Waals surface area contributed by atoms with Gasteiger partial charge in [-0.3, -0.25) is 9.69 Å². The highest BCUT2D eigenvalue weighted by Gasteiger charge is 2.26. The third-order valence-corrected chi connectivity index (χ3v) is 7.16. The van der Waals surface area contributed by atoms with E-state index in [1.165, 1.54) is 0 Å². The topological polar surface area (TPSA) is 111 Å². The summed E-state index contributed by atoms with van der Waals surface area (Å²) in [6.45, 7) is 5.63. The summed E-state index contributed by atoms with van der Waals surface area (Å²) < 4.78 is 18.2. The maximum absolute atomic E-state index is 13.2. The van der Waals surface area contributed by atoms with Crippen LogP contribution >= 0.6 is 0 Å². The number of H-pyrrole nitrogens is 1. The molecule has 0 amide bonds. The molecule has 0 aliphatic heterocycles. The number of pyridine rings is 1. The van der Waals surface area contributed by atoms with Gasteiger partial charge in [-0.1, -0.05) is 25.1 Å². The lowest BCUT2D eigenvalue weighted by Gasteiger charge is -2.30. The SMILES string of the molecule is CCC(c1nnnn1Cc1ccco1)N(CCc1ccc(OC)c(OC)c1)Cc1cc2ccc(C)cc2[nH]c1=O. The third-order valence-electron chi connectivity index (χ3n) is 7.16. The summed E-state index contributed by atoms with van der Waals surface area (Å²) in [6, 6.07) is 17.6. The number of fused-ring (bicyclic) bond motifs is 1. The van der Waals surface area contributed by atoms with Crippen molar-refractivity contribution in [3.8, 4) is 11.5 Å². The van der Waals surface area contributed by atoms with Gasteiger partial charge >= 0.3 is 0 Å². The van der Waals surface area contributed by atoms with Crippen LogP contribution in [0.5, 0.6) is 11.5 Å². The molecule has 1 atom stereocenters. The number of nitrogens with zero attached hydrogens (tertiary/aromatic N) is 5. The van der Waals surface area contributed by atoms with Crippen LogP contribution in [0.3, 0.4) is 0 Å². The molecule has 0 saturated carbocycles. The molecule has 3 heterocycles. The first-order valence-corrected chi connectivity index (χ1v) is 13.3. The van der Waals surface area contributed by atoms with Gasteiger partial charge in [0, 0.05) is 24.2 Å². The second-order valence-electron chi connectivity index (χ2n) is 9.82. The Morgan fingerprint density at radius 3 is 2.67 bits per heavy atom. The number of aromatic amines is 1. The summed E-state index contributed by atoms with van der Waals surface area (Å²) >= 11 is 0. The molecule has 0 aliphatic rings. The summed E-state index contributed by atoms with van der Waals surface area (Å²) in [5.74, 6) is 2.85. The molecule has 0 fully saturated rings. The van der Waals surface area contributed by atoms with Crippen LogP contribution in [0.2, 0.25) is 0 Å². The van der Waals surface area contributed by atoms with E-state index in [1.54, 1.807) is 25.2 Å². The fourth-order valence-corrected chi connectivity index (χ4v) is 5.07. The lowest BCUT2D eigenvalue weighted by Crippen LogP contribution is -2.34. The fourth-order valence-electron chi connectivity index (χ4n) is 5.07. The van der Waals surface area contributed by atoms with Gasteiger partial charge in [0.1, 0.15) is 12.3 Å². The Labute approximate surface area is 232 Å². The van der Waals surface area contributed by atoms with E-state index >= 15 is 0 Å². The highest BCUT2D eigenvalue weighted by molar-refractivity contribution is 5.79. The van der Waals surface area contributed by atoms with Crippen LogP contribution in [0.1, 0.15) is 47.7 Å². The largest absolute Gasteiger partial charge is 0.493 e. The molecule has 0 spiro atoms. The zero-order chi connectivity index (χ0) is 28.1. The van der Waals surface area contributed by atoms with Crippen molar-refractivity contribution in [2.24, 2.45) is 0 Å². The molecule has 1 N–H and O–H groups in total. The number of tetrazole rings is 1. The van der Waals surface area contributed by atoms with E-state index < -0.39 is 0 Å². The van der Waals surface area contributed by atoms with E-state index in [9.17, 15) is 4.79 Å². The van der Waals surface area contributed by atoms with Crippen molar-refractivity contribution in [1.82, 2.24) is 30.1 Å². The number of hydrogen-bond donors (Lipinski definition) is 1. The molecular formula is C30H34N6O4. The number of nitrogens with one attached hydrogen (secondary N) is 1. The summed E-state index contributed by atoms with van der Waals surface area (Å²) in [5.41, 5.74) is 3.61. The first-order chi connectivity index (χ1) is 19.5. The van der Waals surface area contributed by atoms with Crippen LogP contribution in [-0.2, 0) is 19.5 Å². The molecule has 2 aromatic carbocycles. The average molecular weight is 543 g/mol. The molecule has 0 saturated heterocycles. The van der Waals surface area contributed by atoms with Gasteiger partial charge in [0.15, 0.2) is 17.3 Å². The number of furan rings is 1. The maximum atomic E-state index is 13.2. The van der Waals surface area contributed by atoms with Crippen molar-refractivity contribution in [2.45, 2.75) is 45.8 Å². The van der Waals surface area contributed by atoms with E-state index in [-0.39, 0.29) is 11.6 Å². The van der Waals surface area contributed by atoms with Gasteiger partial charge in [0.05, 0.1) is 26.5 Å². The number of aromatic nitrogens is 5. The Morgan fingerprint density at radius 1 is 1.07 bits per heavy atom. The van der Waals surface area contributed by atoms with Crippen molar-refractivity contribution >= 4 is 10.9 Å². The smallest absolute Gasteiger partial charge is 0.252 e. The summed E-state index contributed by atoms with van der Waals surface area (Å²) in [5, 5.41) is 13.6. The first-order valence-electron chi connectivity index (χ1n) is 13.3. The van der Waals surface area contributed by atoms with Crippen LogP contribution in [0, 0.1) is 6.92 Å². The number of methoxy groups -OCH3 is 2. The second kappa shape index (κ2) is 12.2. The minimum Gasteiger partial charge on any atom is -0.493 e. The monoisotopic (exact) mass is 542 g/mol. The molecular weight excluding hydrogens is 508 g/mol. The van der Waals surface area contributed by atoms with Crippen molar-refractivity contribution in [1.29, 1.82) is 0 Å². The molecule has 0 radical (unpaired) electrons. The normalized spacial score (nSPS) is 12.2. The van der Waals surface area contributed by atoms with Crippen molar-refractivity contribution in [3.05, 3.63) is 99.5 Å². The van der Waals surface area contributed by atoms with Crippen molar-refractivity contribution in [3.63, 3.8) is 0 Å². The molecule has 0 bridgehead atoms. The molecule has 0 aliphatic carbocycles. The lowest BCUT2D eigenvalue weighted by atomic mass is 10.1. The van der Waals surface area contributed by atoms with Crippen LogP contribution in [0.25, 0.3) is 10.9 Å². The number of rotatable bonds is 12. The second-order valence-corrected chi connectivity index (χ2v) is 9.82. The van der Waals surface area contributed by atoms with Crippen molar-refractivity contribution in [2.75, 3.05) is 20.8 Å². The Hall–Kier alpha value is -4.44. The molecule has 208 valence electrons. The molecule has 3 aromatic heterocycles. The van der Waals surface area contributed by atoms with Gasteiger partial charge in [0.2, 0.25) is 0 Å². The van der Waals surface area contributed by atoms with E-state index in [0.717, 1.165) is 46.5 Å². The Bertz CT molecular complexity index is 1630. The standard InChI is InChI=1S/C30H34N6O4/c1-5-26(29-32-33-34-36(29)19-24-7-6-14-40-24)35(13-12-21-9-11-27(38-3)28(16-21)39-4)18-23-17-22-10-8-20(2)15-25(22)31-30(23)37/h6-11,14-17,26H,5,12-13,18-19H2,1-4H3,(H,31,37). The van der Waals surface area contributed by atoms with E-state index in [4.69, 9.17) is 13.9 Å². The Morgan fingerprint density at radius 2 is 1.93 bits per heavy atom. The van der Waals surface area contributed by atoms with Crippen LogP contribution in [-0.4, -0.2) is 50.9 Å². The van der Waals surface area contributed by atoms with Crippen LogP contribution < -0.4 is 15.0 Å². The predicted molar refractivity (Wildman–Crippen MR) is 152 cm³/mol. The highest BCUT2D eigenvalue weighted by Crippen LogP contribution is 2.29. The van der Waals surface area contributed by atoms with Gasteiger partial charge in [-0.15, -0.1) is 5.10 Å². The molecule has 5 aromatic rings. The number of aryl methyl sites for hydroxylation is 1. The molecule has 10 nitrogen and oxygen atoms in total. The van der Waals surface area contributed by atoms with Gasteiger partial charge in [0.25, 0.3) is 5.56 Å². The summed E-state index contributed by atoms with van der Waals surface area (Å²) in [7, 11) is 3.26. The summed E-state index contributed by atoms with van der Waals surface area (Å²) in [4.78, 5) is 18.6. The lowest BCUT2D eigenvalue weighted by molar-refractivity contribution is 0.171. The first kappa shape index (κ1) is 27.1. The van der Waals surface area contributed by atoms with Crippen LogP contribution in [0.15, 0.2) is 70.1 Å². The van der Waals surface area contributed by atoms with Gasteiger partial charge in [-0.25, -0.2) is 4.68 Å². The molecule has 40 heavy (non-hydrogen) atoms. The zero-order valence-electron chi connectivity index (χ0n) is 23.3. The zero-order valence-corrected chi connectivity index (χ0v) is 23.3. The molecule has 5 rings (SSSR count). The molecule has 1 unspecified atom stereocenters. The minimum absolute atomic E-state index is 0.0979. The fraction of sp³-hybridized carbons (Fsp3) is 0.333. The van der Waals surface area contributed by atoms with Gasteiger partial charge in [-0.2, -0.15) is 0 Å². The Kier molecular flexibility index (Phi) is 8.26. The van der Waals surface area contributed by atoms with Crippen LogP contribution in [0.4, 0.5) is 0 Å². The van der Waals surface area contributed by atoms with Crippen molar-refractivity contribution < 1.29 is 13.9 Å². The minimum atomic E-state index is -0.141. The quantitative estimate of drug-likeness (QED) is 0.242. The predicted octanol–water partition coefficient (Wildman–Crippen LogP) is 4.68. The maximum Gasteiger partial charge on any atom is 0.252 e. The summed E-state index contributed by atoms with van der Waals surface area (Å²) in [6.07, 6.45) is 3.11. The van der Waals surface area contributed by atoms with E-state index in [2.05, 4.69) is 38.4 Å². The van der Waals surface area contributed by atoms with Gasteiger partial charge in [-0.05, 0) is 83.1 Å². The van der Waals surface area contributed by atoms with E-state index in [1.807, 2.05) is 55.5 Å². The highest BCUT2D eigenvalue weighted by atomic mass is 16.5. The third kappa shape index (κ3) is 5.91. The Balaban J connectivity index is 1.48. The number of hydrogen-bond acceptors (Lipinski definition) is 8. The average Bonchev–Trinajstić information content (AvgIpc) is 3.65. The van der Waals surface area contributed by atoms with Gasteiger partial charge < -0.3 is 18.9 Å². The number of ether oxygens (including phenoxy) is 2. The number of benzene rings is 2. The van der Waals surface area contributed by atoms with E-state index in [0.29, 0.717) is 36.7 Å².